The maximum absolute atomic E-state index is 12.5. The van der Waals surface area contributed by atoms with Crippen LogP contribution in [0.5, 0.6) is 0 Å². The van der Waals surface area contributed by atoms with Gasteiger partial charge < -0.3 is 10.1 Å². The second-order valence-corrected chi connectivity index (χ2v) is 10.9. The van der Waals surface area contributed by atoms with Crippen molar-refractivity contribution in [1.29, 1.82) is 0 Å². The Morgan fingerprint density at radius 2 is 1.59 bits per heavy atom. The van der Waals surface area contributed by atoms with E-state index in [1.54, 1.807) is 24.3 Å². The number of sulfonamides is 1. The van der Waals surface area contributed by atoms with Gasteiger partial charge in [-0.1, -0.05) is 63.2 Å². The molecule has 0 aliphatic rings. The molecule has 1 amide bonds. The summed E-state index contributed by atoms with van der Waals surface area (Å²) in [6.45, 7) is 7.63. The van der Waals surface area contributed by atoms with Gasteiger partial charge in [-0.3, -0.25) is 9.59 Å². The lowest BCUT2D eigenvalue weighted by Crippen LogP contribution is -2.32. The lowest BCUT2D eigenvalue weighted by atomic mass is 9.87. The molecule has 0 bridgehead atoms. The number of benzene rings is 3. The van der Waals surface area contributed by atoms with Gasteiger partial charge in [0.1, 0.15) is 0 Å². The van der Waals surface area contributed by atoms with E-state index in [0.717, 1.165) is 16.3 Å². The first-order valence-electron chi connectivity index (χ1n) is 11.0. The number of amides is 1. The van der Waals surface area contributed by atoms with Crippen LogP contribution >= 0.6 is 0 Å². The van der Waals surface area contributed by atoms with Crippen LogP contribution in [0.15, 0.2) is 71.6 Å². The summed E-state index contributed by atoms with van der Waals surface area (Å²) in [5, 5.41) is 4.45. The zero-order valence-electron chi connectivity index (χ0n) is 19.8. The largest absolute Gasteiger partial charge is 0.452 e. The maximum Gasteiger partial charge on any atom is 0.307 e. The van der Waals surface area contributed by atoms with Crippen molar-refractivity contribution in [2.75, 3.05) is 11.9 Å². The normalized spacial score (nSPS) is 12.8. The van der Waals surface area contributed by atoms with Gasteiger partial charge in [-0.25, -0.2) is 13.1 Å². The minimum Gasteiger partial charge on any atom is -0.452 e. The van der Waals surface area contributed by atoms with Crippen molar-refractivity contribution < 1.29 is 22.7 Å². The summed E-state index contributed by atoms with van der Waals surface area (Å²) in [5.41, 5.74) is 1.74. The lowest BCUT2D eigenvalue weighted by Gasteiger charge is -2.19. The summed E-state index contributed by atoms with van der Waals surface area (Å²) in [5.74, 6) is -1.14. The fourth-order valence-corrected chi connectivity index (χ4v) is 4.38. The molecule has 0 saturated heterocycles. The van der Waals surface area contributed by atoms with Crippen LogP contribution in [0, 0.1) is 0 Å². The molecule has 0 aliphatic heterocycles. The van der Waals surface area contributed by atoms with E-state index in [0.29, 0.717) is 5.69 Å². The predicted molar refractivity (Wildman–Crippen MR) is 133 cm³/mol. The third kappa shape index (κ3) is 6.65. The molecule has 3 rings (SSSR count). The number of carbonyl (C=O) groups is 2. The maximum atomic E-state index is 12.5. The standard InChI is InChI=1S/C26H30N2O5S/c1-18(25(30)28-22-12-10-21(11-13-22)26(2,3)4)33-24(29)15-16-27-34(31,32)23-14-9-19-7-5-6-8-20(19)17-23/h5-14,17-18,27H,15-16H2,1-4H3,(H,28,30). The Hall–Kier alpha value is -3.23. The summed E-state index contributed by atoms with van der Waals surface area (Å²) in [4.78, 5) is 24.6. The number of esters is 1. The highest BCUT2D eigenvalue weighted by Crippen LogP contribution is 2.23. The van der Waals surface area contributed by atoms with Crippen LogP contribution in [0.3, 0.4) is 0 Å². The van der Waals surface area contributed by atoms with Crippen LogP contribution in [-0.4, -0.2) is 32.9 Å². The average molecular weight is 483 g/mol. The topological polar surface area (TPSA) is 102 Å². The third-order valence-electron chi connectivity index (χ3n) is 5.35. The van der Waals surface area contributed by atoms with E-state index in [9.17, 15) is 18.0 Å². The summed E-state index contributed by atoms with van der Waals surface area (Å²) in [6.07, 6.45) is -1.23. The molecule has 0 aromatic heterocycles. The molecule has 3 aromatic carbocycles. The molecule has 34 heavy (non-hydrogen) atoms. The third-order valence-corrected chi connectivity index (χ3v) is 6.81. The van der Waals surface area contributed by atoms with Crippen molar-refractivity contribution in [3.8, 4) is 0 Å². The molecule has 3 aromatic rings. The SMILES string of the molecule is CC(OC(=O)CCNS(=O)(=O)c1ccc2ccccc2c1)C(=O)Nc1ccc(C(C)(C)C)cc1. The van der Waals surface area contributed by atoms with Gasteiger partial charge in [0.2, 0.25) is 10.0 Å². The van der Waals surface area contributed by atoms with E-state index in [1.807, 2.05) is 36.4 Å². The van der Waals surface area contributed by atoms with Crippen LogP contribution in [0.1, 0.15) is 39.7 Å². The Bertz CT molecular complexity index is 1280. The Balaban J connectivity index is 1.48. The molecular weight excluding hydrogens is 452 g/mol. The van der Waals surface area contributed by atoms with Crippen LogP contribution < -0.4 is 10.0 Å². The number of ether oxygens (including phenoxy) is 1. The molecule has 0 heterocycles. The molecule has 0 fully saturated rings. The molecular formula is C26H30N2O5S. The van der Waals surface area contributed by atoms with Crippen LogP contribution in [0.4, 0.5) is 5.69 Å². The first-order chi connectivity index (χ1) is 16.0. The van der Waals surface area contributed by atoms with Crippen LogP contribution in [0.2, 0.25) is 0 Å². The van der Waals surface area contributed by atoms with Crippen molar-refractivity contribution in [1.82, 2.24) is 4.72 Å². The Morgan fingerprint density at radius 1 is 0.941 bits per heavy atom. The molecule has 0 spiro atoms. The number of carbonyl (C=O) groups excluding carboxylic acids is 2. The number of hydrogen-bond donors (Lipinski definition) is 2. The zero-order valence-corrected chi connectivity index (χ0v) is 20.6. The Morgan fingerprint density at radius 3 is 2.24 bits per heavy atom. The fourth-order valence-electron chi connectivity index (χ4n) is 3.31. The Labute approximate surface area is 200 Å². The number of nitrogens with one attached hydrogen (secondary N) is 2. The van der Waals surface area contributed by atoms with Crippen molar-refractivity contribution in [3.05, 3.63) is 72.3 Å². The van der Waals surface area contributed by atoms with Gasteiger partial charge in [0, 0.05) is 12.2 Å². The van der Waals surface area contributed by atoms with Crippen LogP contribution in [0.25, 0.3) is 10.8 Å². The molecule has 7 nitrogen and oxygen atoms in total. The molecule has 1 unspecified atom stereocenters. The predicted octanol–water partition coefficient (Wildman–Crippen LogP) is 4.38. The first kappa shape index (κ1) is 25.4. The monoisotopic (exact) mass is 482 g/mol. The second-order valence-electron chi connectivity index (χ2n) is 9.11. The highest BCUT2D eigenvalue weighted by molar-refractivity contribution is 7.89. The molecule has 0 saturated carbocycles. The van der Waals surface area contributed by atoms with Crippen molar-refractivity contribution in [2.45, 2.75) is 50.5 Å². The lowest BCUT2D eigenvalue weighted by molar-refractivity contribution is -0.152. The molecule has 8 heteroatoms. The van der Waals surface area contributed by atoms with E-state index in [4.69, 9.17) is 4.74 Å². The van der Waals surface area contributed by atoms with E-state index in [1.165, 1.54) is 13.0 Å². The van der Waals surface area contributed by atoms with E-state index >= 15 is 0 Å². The van der Waals surface area contributed by atoms with Gasteiger partial charge in [-0.15, -0.1) is 0 Å². The van der Waals surface area contributed by atoms with Gasteiger partial charge in [0.15, 0.2) is 6.10 Å². The van der Waals surface area contributed by atoms with E-state index in [2.05, 4.69) is 30.8 Å². The van der Waals surface area contributed by atoms with E-state index in [-0.39, 0.29) is 23.3 Å². The minimum atomic E-state index is -3.78. The smallest absolute Gasteiger partial charge is 0.307 e. The van der Waals surface area contributed by atoms with Gasteiger partial charge >= 0.3 is 5.97 Å². The summed E-state index contributed by atoms with van der Waals surface area (Å²) >= 11 is 0. The first-order valence-corrected chi connectivity index (χ1v) is 12.5. The summed E-state index contributed by atoms with van der Waals surface area (Å²) in [7, 11) is -3.78. The number of rotatable bonds is 8. The number of hydrogen-bond acceptors (Lipinski definition) is 5. The Kier molecular flexibility index (Phi) is 7.74. The number of fused-ring (bicyclic) bond motifs is 1. The second kappa shape index (κ2) is 10.4. The highest BCUT2D eigenvalue weighted by atomic mass is 32.2. The van der Waals surface area contributed by atoms with Crippen LogP contribution in [-0.2, 0) is 29.8 Å². The van der Waals surface area contributed by atoms with Gasteiger partial charge in [0.25, 0.3) is 5.91 Å². The molecule has 0 aliphatic carbocycles. The van der Waals surface area contributed by atoms with Crippen molar-refractivity contribution in [3.63, 3.8) is 0 Å². The fraction of sp³-hybridized carbons (Fsp3) is 0.308. The quantitative estimate of drug-likeness (QED) is 0.464. The van der Waals surface area contributed by atoms with Crippen molar-refractivity contribution in [2.24, 2.45) is 0 Å². The molecule has 2 N–H and O–H groups in total. The minimum absolute atomic E-state index is 0.00117. The molecule has 0 radical (unpaired) electrons. The zero-order chi connectivity index (χ0) is 24.9. The van der Waals surface area contributed by atoms with Crippen molar-refractivity contribution >= 4 is 38.4 Å². The average Bonchev–Trinajstić information content (AvgIpc) is 2.78. The van der Waals surface area contributed by atoms with Gasteiger partial charge in [-0.05, 0) is 52.9 Å². The summed E-state index contributed by atoms with van der Waals surface area (Å²) in [6, 6.07) is 19.7. The van der Waals surface area contributed by atoms with E-state index < -0.39 is 28.0 Å². The highest BCUT2D eigenvalue weighted by Gasteiger charge is 2.20. The number of anilines is 1. The molecule has 1 atom stereocenters. The summed E-state index contributed by atoms with van der Waals surface area (Å²) < 4.78 is 32.7. The van der Waals surface area contributed by atoms with Gasteiger partial charge in [-0.2, -0.15) is 0 Å². The molecule has 180 valence electrons. The van der Waals surface area contributed by atoms with Gasteiger partial charge in [0.05, 0.1) is 11.3 Å².